The number of fused-ring (bicyclic) bond motifs is 5. The lowest BCUT2D eigenvalue weighted by molar-refractivity contribution is -0.777. The smallest absolute Gasteiger partial charge is 0.415 e. The van der Waals surface area contributed by atoms with E-state index in [1.54, 1.807) is 84.9 Å². The van der Waals surface area contributed by atoms with Crippen LogP contribution in [0.1, 0.15) is 16.7 Å². The van der Waals surface area contributed by atoms with E-state index in [0.29, 0.717) is 17.5 Å². The first-order valence-corrected chi connectivity index (χ1v) is 44.8. The number of hydrogen-bond donors (Lipinski definition) is 0. The molecule has 12 rings (SSSR count). The zero-order valence-electron chi connectivity index (χ0n) is 74.6. The van der Waals surface area contributed by atoms with Gasteiger partial charge >= 0.3 is 103 Å². The quantitative estimate of drug-likeness (QED) is 0.00650. The Morgan fingerprint density at radius 2 is 0.427 bits per heavy atom. The summed E-state index contributed by atoms with van der Waals surface area (Å²) >= 11 is -5.08. The molecule has 12 aromatic carbocycles. The normalized spacial score (nSPS) is 11.3. The minimum atomic E-state index is -4.22. The van der Waals surface area contributed by atoms with Gasteiger partial charge in [-0.25, -0.2) is 57.5 Å². The molecule has 42 nitrogen and oxygen atoms in total. The second kappa shape index (κ2) is 63.2. The van der Waals surface area contributed by atoms with E-state index in [0.717, 1.165) is 70.6 Å². The first-order valence-electron chi connectivity index (χ1n) is 40.3. The van der Waals surface area contributed by atoms with Crippen molar-refractivity contribution in [2.24, 2.45) is 0 Å². The SMILES string of the molecule is O=C(COC(=O)C(F)(F)SOO[O-])OCCc1ccc2ccccc2c1.O=C(COC(=O)C(F)(F)SOO[O-])OCc1ccc2ccccc2c1.O=C(COC(=O)C(F)(F)SOO[O-])OCc1ccc2ccccc2c1.O=C(COC(=O)C(F)(F)SOO[O-])Oc1ccc(-c2ccccc2)cc1.O=C(COC(=O)C(F)(F)SOO[O-])Oc1ccc2ccccc2c1.O=C(COC(=O)C(F)(F)SOO[O-])Oc1ccc2ccccc2c1. The number of carbonyl (C=O) groups is 12. The van der Waals surface area contributed by atoms with Crippen LogP contribution in [0.5, 0.6) is 17.2 Å². The van der Waals surface area contributed by atoms with Gasteiger partial charge in [-0.2, -0.15) is 78.7 Å². The highest BCUT2D eigenvalue weighted by atomic mass is 32.2. The Balaban J connectivity index is 0.000000243. The van der Waals surface area contributed by atoms with Gasteiger partial charge in [-0.1, -0.05) is 218 Å². The third kappa shape index (κ3) is 44.1. The molecule has 0 aliphatic heterocycles. The number of rotatable bonds is 47. The van der Waals surface area contributed by atoms with Crippen molar-refractivity contribution in [3.8, 4) is 28.4 Å². The van der Waals surface area contributed by atoms with Crippen molar-refractivity contribution < 1.29 is 255 Å². The maximum absolute atomic E-state index is 13.1. The zero-order valence-corrected chi connectivity index (χ0v) is 79.5. The molecule has 12 aromatic rings. The van der Waals surface area contributed by atoms with E-state index in [2.05, 4.69) is 84.7 Å². The molecule has 802 valence electrons. The van der Waals surface area contributed by atoms with Crippen LogP contribution in [0.15, 0.2) is 267 Å². The Morgan fingerprint density at radius 3 is 0.707 bits per heavy atom. The van der Waals surface area contributed by atoms with Crippen molar-refractivity contribution >= 4 is 198 Å². The second-order valence-corrected chi connectivity index (χ2v) is 32.4. The molecule has 0 radical (unpaired) electrons. The fourth-order valence-corrected chi connectivity index (χ4v) is 12.3. The first kappa shape index (κ1) is 123. The van der Waals surface area contributed by atoms with Gasteiger partial charge in [0.15, 0.2) is 39.6 Å². The maximum atomic E-state index is 13.1. The molecule has 0 aliphatic carbocycles. The van der Waals surface area contributed by atoms with Crippen LogP contribution >= 0.6 is 72.3 Å². The summed E-state index contributed by atoms with van der Waals surface area (Å²) in [5.74, 6) is -18.2. The lowest BCUT2D eigenvalue weighted by Crippen LogP contribution is -2.30. The minimum absolute atomic E-state index is 0.00694. The average molecular weight is 2240 g/mol. The molecule has 60 heteroatoms. The molecule has 0 bridgehead atoms. The lowest BCUT2D eigenvalue weighted by Gasteiger charge is -2.13. The molecule has 0 atom stereocenters. The summed E-state index contributed by atoms with van der Waals surface area (Å²) in [5, 5.41) is 57.2. The molecule has 0 N–H and O–H groups in total. The van der Waals surface area contributed by atoms with Gasteiger partial charge in [0.1, 0.15) is 103 Å². The van der Waals surface area contributed by atoms with Gasteiger partial charge in [-0.15, -0.1) is 0 Å². The van der Waals surface area contributed by atoms with Crippen LogP contribution in [0.2, 0.25) is 0 Å². The van der Waals surface area contributed by atoms with Gasteiger partial charge in [0.2, 0.25) is 0 Å². The largest absolute Gasteiger partial charge is 0.691 e. The van der Waals surface area contributed by atoms with Crippen molar-refractivity contribution in [2.45, 2.75) is 51.2 Å². The van der Waals surface area contributed by atoms with Crippen LogP contribution in [-0.2, 0) is 176 Å². The van der Waals surface area contributed by atoms with Gasteiger partial charge in [0.05, 0.1) is 6.61 Å². The highest BCUT2D eigenvalue weighted by Gasteiger charge is 2.49. The Hall–Kier alpha value is -13.9. The number of ether oxygens (including phenoxy) is 12. The van der Waals surface area contributed by atoms with E-state index in [1.165, 1.54) is 24.3 Å². The molecule has 0 saturated carbocycles. The van der Waals surface area contributed by atoms with Crippen molar-refractivity contribution in [3.63, 3.8) is 0 Å². The van der Waals surface area contributed by atoms with Crippen molar-refractivity contribution in [2.75, 3.05) is 46.2 Å². The summed E-state index contributed by atoms with van der Waals surface area (Å²) in [5.41, 5.74) is 4.13. The summed E-state index contributed by atoms with van der Waals surface area (Å²) in [6, 6.07) is 79.4. The lowest BCUT2D eigenvalue weighted by atomic mass is 10.1. The summed E-state index contributed by atoms with van der Waals surface area (Å²) in [7, 11) is 0. The summed E-state index contributed by atoms with van der Waals surface area (Å²) in [6.45, 7) is -6.38. The van der Waals surface area contributed by atoms with E-state index in [9.17, 15) is 142 Å². The molecule has 0 saturated heterocycles. The van der Waals surface area contributed by atoms with Gasteiger partial charge in [-0.05, 0) is 130 Å². The van der Waals surface area contributed by atoms with E-state index in [1.807, 2.05) is 158 Å². The van der Waals surface area contributed by atoms with Crippen molar-refractivity contribution in [1.82, 2.24) is 0 Å². The molecule has 0 unspecified atom stereocenters. The Morgan fingerprint density at radius 1 is 0.213 bits per heavy atom. The molecular weight excluding hydrogens is 2170 g/mol. The van der Waals surface area contributed by atoms with Crippen LogP contribution < -0.4 is 45.8 Å². The number of halogens is 12. The highest BCUT2D eigenvalue weighted by Crippen LogP contribution is 2.38. The van der Waals surface area contributed by atoms with Crippen LogP contribution in [0.25, 0.3) is 65.0 Å². The zero-order chi connectivity index (χ0) is 110. The van der Waals surface area contributed by atoms with Crippen LogP contribution in [0.4, 0.5) is 52.7 Å². The van der Waals surface area contributed by atoms with Crippen molar-refractivity contribution in [1.29, 1.82) is 0 Å². The second-order valence-electron chi connectivity index (χ2n) is 27.5. The van der Waals surface area contributed by atoms with E-state index >= 15 is 0 Å². The van der Waals surface area contributed by atoms with Gasteiger partial charge < -0.3 is 88.4 Å². The summed E-state index contributed by atoms with van der Waals surface area (Å²) in [4.78, 5) is 135. The predicted molar refractivity (Wildman–Crippen MR) is 477 cm³/mol. The minimum Gasteiger partial charge on any atom is -0.691 e. The molecular formula is C90H64F12O42S6-6. The molecule has 0 aromatic heterocycles. The predicted octanol–water partition coefficient (Wildman–Crippen LogP) is 11.5. The summed E-state index contributed by atoms with van der Waals surface area (Å²) < 4.78 is 231. The Kier molecular flexibility index (Phi) is 51.8. The Labute approximate surface area is 857 Å². The van der Waals surface area contributed by atoms with Crippen LogP contribution in [-0.4, -0.2) is 149 Å². The topological polar surface area (TPSA) is 565 Å². The van der Waals surface area contributed by atoms with Gasteiger partial charge in [0, 0.05) is 6.42 Å². The fourth-order valence-electron chi connectivity index (χ4n) is 10.9. The van der Waals surface area contributed by atoms with E-state index in [4.69, 9.17) is 28.4 Å². The molecule has 0 spiro atoms. The van der Waals surface area contributed by atoms with Crippen molar-refractivity contribution in [3.05, 3.63) is 284 Å². The molecule has 0 fully saturated rings. The third-order valence-corrected chi connectivity index (χ3v) is 20.3. The van der Waals surface area contributed by atoms with E-state index < -0.39 is 215 Å². The number of benzene rings is 12. The van der Waals surface area contributed by atoms with Crippen LogP contribution in [0, 0.1) is 0 Å². The fraction of sp³-hybridized carbons (Fsp3) is 0.178. The number of alkyl halides is 12. The Bertz CT molecular complexity index is 6210. The molecule has 0 heterocycles. The average Bonchev–Trinajstić information content (AvgIpc) is 0.841. The summed E-state index contributed by atoms with van der Waals surface area (Å²) in [6.07, 6.45) is 0.408. The molecule has 0 aliphatic rings. The molecule has 0 amide bonds. The van der Waals surface area contributed by atoms with Crippen LogP contribution in [0.3, 0.4) is 0 Å². The van der Waals surface area contributed by atoms with Gasteiger partial charge in [0.25, 0.3) is 0 Å². The number of carbonyl (C=O) groups excluding carboxylic acids is 12. The standard InChI is InChI=1S/C16H14F2O7S.C16H12F2O7S.2C15H12F2O7S.2C14H10F2O7S/c17-16(18,26-25-24-21)15(20)23-10-14(19)22-8-7-11-5-6-12-3-1-2-4-13(12)9-11;17-16(18,26-25-24-21)15(20)22-10-14(19)23-13-8-6-12(7-9-13)11-4-2-1-3-5-11;2*16-15(17,25-24-23-20)14(19)22-9-13(18)21-8-10-5-6-11-3-1-2-4-12(11)7-10;2*15-14(16,24-23-22-19)13(18)20-8-12(17)21-11-6-5-9-3-1-2-4-10(9)7-11/h1-6,9,21H,7-8,10H2;1-9,21H,10H2;2*1-7,20H,8-9H2;2*1-7,19H,8H2/p-6. The first-order chi connectivity index (χ1) is 71.5. The highest BCUT2D eigenvalue weighted by molar-refractivity contribution is 7.97. The van der Waals surface area contributed by atoms with E-state index in [-0.39, 0.29) is 37.1 Å². The third-order valence-electron chi connectivity index (χ3n) is 17.3. The maximum Gasteiger partial charge on any atom is 0.415 e. The monoisotopic (exact) mass is 2240 g/mol. The number of esters is 12. The molecule has 150 heavy (non-hydrogen) atoms. The number of hydrogen-bond acceptors (Lipinski definition) is 48. The van der Waals surface area contributed by atoms with Gasteiger partial charge in [-0.3, -0.25) is 30.2 Å².